The van der Waals surface area contributed by atoms with Crippen molar-refractivity contribution in [2.24, 2.45) is 0 Å². The van der Waals surface area contributed by atoms with E-state index in [0.717, 1.165) is 38.9 Å². The average molecular weight is 752 g/mol. The van der Waals surface area contributed by atoms with E-state index < -0.39 is 0 Å². The Labute approximate surface area is 330 Å². The van der Waals surface area contributed by atoms with Crippen LogP contribution in [0, 0.1) is 0 Å². The van der Waals surface area contributed by atoms with Gasteiger partial charge in [0.25, 0.3) is 0 Å². The highest BCUT2D eigenvalue weighted by atomic mass is 32.1. The second-order valence-corrected chi connectivity index (χ2v) is 15.8. The van der Waals surface area contributed by atoms with Crippen molar-refractivity contribution < 1.29 is 0 Å². The van der Waals surface area contributed by atoms with Crippen LogP contribution in [0.2, 0.25) is 0 Å². The Bertz CT molecular complexity index is 3110. The summed E-state index contributed by atoms with van der Waals surface area (Å²) in [5.74, 6) is 1.84. The van der Waals surface area contributed by atoms with Crippen LogP contribution in [0.15, 0.2) is 176 Å². The molecule has 0 aliphatic carbocycles. The van der Waals surface area contributed by atoms with Crippen LogP contribution in [0.5, 0.6) is 0 Å². The Morgan fingerprint density at radius 3 is 1.34 bits per heavy atom. The quantitative estimate of drug-likeness (QED) is 0.169. The Balaban J connectivity index is 1.15. The van der Waals surface area contributed by atoms with Gasteiger partial charge in [0.2, 0.25) is 0 Å². The third-order valence-electron chi connectivity index (χ3n) is 10.3. The molecule has 7 aromatic carbocycles. The fourth-order valence-corrected chi connectivity index (χ4v) is 10.1. The summed E-state index contributed by atoms with van der Waals surface area (Å²) in [6, 6.07) is 55.9. The predicted octanol–water partition coefficient (Wildman–Crippen LogP) is 13.4. The molecule has 0 fully saturated rings. The zero-order valence-corrected chi connectivity index (χ0v) is 31.4. The van der Waals surface area contributed by atoms with Crippen LogP contribution in [-0.4, -0.2) is 24.9 Å². The number of hydrogen-bond donors (Lipinski definition) is 0. The number of aromatic nitrogens is 5. The molecule has 262 valence electrons. The lowest BCUT2D eigenvalue weighted by atomic mass is 9.94. The highest BCUT2D eigenvalue weighted by Crippen LogP contribution is 2.44. The zero-order valence-electron chi connectivity index (χ0n) is 29.8. The van der Waals surface area contributed by atoms with Crippen molar-refractivity contribution in [1.82, 2.24) is 24.9 Å². The normalized spacial score (nSPS) is 11.6. The summed E-state index contributed by atoms with van der Waals surface area (Å²) < 4.78 is 5.09. The van der Waals surface area contributed by atoms with E-state index in [0.29, 0.717) is 17.5 Å². The Morgan fingerprint density at radius 1 is 0.321 bits per heavy atom. The molecule has 0 aliphatic heterocycles. The molecule has 0 radical (unpaired) electrons. The highest BCUT2D eigenvalue weighted by molar-refractivity contribution is 7.26. The summed E-state index contributed by atoms with van der Waals surface area (Å²) in [5.41, 5.74) is 9.33. The second kappa shape index (κ2) is 13.4. The molecular formula is C49H29N5S2. The Morgan fingerprint density at radius 2 is 0.768 bits per heavy atom. The van der Waals surface area contributed by atoms with Crippen LogP contribution in [0.25, 0.3) is 108 Å². The minimum absolute atomic E-state index is 0.606. The average Bonchev–Trinajstić information content (AvgIpc) is 3.86. The molecule has 11 aromatic rings. The van der Waals surface area contributed by atoms with Crippen molar-refractivity contribution >= 4 is 63.0 Å². The molecule has 0 saturated carbocycles. The Kier molecular flexibility index (Phi) is 7.79. The molecule has 0 saturated heterocycles. The van der Waals surface area contributed by atoms with Crippen molar-refractivity contribution in [3.63, 3.8) is 0 Å². The van der Waals surface area contributed by atoms with Gasteiger partial charge in [-0.1, -0.05) is 127 Å². The maximum absolute atomic E-state index is 5.22. The van der Waals surface area contributed by atoms with E-state index in [1.807, 2.05) is 65.4 Å². The first-order chi connectivity index (χ1) is 27.7. The largest absolute Gasteiger partial charge is 0.244 e. The second-order valence-electron chi connectivity index (χ2n) is 13.7. The molecule has 4 aromatic heterocycles. The lowest BCUT2D eigenvalue weighted by Gasteiger charge is -2.13. The maximum atomic E-state index is 5.22. The minimum Gasteiger partial charge on any atom is -0.244 e. The molecule has 5 nitrogen and oxygen atoms in total. The summed E-state index contributed by atoms with van der Waals surface area (Å²) in [4.78, 5) is 23.9. The molecule has 0 atom stereocenters. The first-order valence-corrected chi connectivity index (χ1v) is 20.0. The van der Waals surface area contributed by atoms with Gasteiger partial charge in [-0.2, -0.15) is 0 Å². The van der Waals surface area contributed by atoms with Gasteiger partial charge >= 0.3 is 0 Å². The monoisotopic (exact) mass is 751 g/mol. The van der Waals surface area contributed by atoms with Crippen molar-refractivity contribution in [3.05, 3.63) is 176 Å². The topological polar surface area (TPSA) is 64.5 Å². The molecule has 0 amide bonds. The van der Waals surface area contributed by atoms with E-state index >= 15 is 0 Å². The third kappa shape index (κ3) is 5.64. The van der Waals surface area contributed by atoms with E-state index in [9.17, 15) is 0 Å². The van der Waals surface area contributed by atoms with E-state index in [1.54, 1.807) is 6.33 Å². The molecule has 4 heterocycles. The van der Waals surface area contributed by atoms with Gasteiger partial charge in [-0.05, 0) is 58.1 Å². The number of benzene rings is 7. The number of nitrogens with zero attached hydrogens (tertiary/aromatic N) is 5. The van der Waals surface area contributed by atoms with Gasteiger partial charge in [0, 0.05) is 75.0 Å². The van der Waals surface area contributed by atoms with Gasteiger partial charge < -0.3 is 0 Å². The predicted molar refractivity (Wildman–Crippen MR) is 234 cm³/mol. The molecule has 7 heteroatoms. The summed E-state index contributed by atoms with van der Waals surface area (Å²) in [5, 5.41) is 5.09. The molecular weight excluding hydrogens is 723 g/mol. The van der Waals surface area contributed by atoms with E-state index in [1.165, 1.54) is 51.5 Å². The van der Waals surface area contributed by atoms with E-state index in [-0.39, 0.29) is 0 Å². The molecule has 11 rings (SSSR count). The number of hydrogen-bond acceptors (Lipinski definition) is 7. The van der Waals surface area contributed by atoms with Crippen LogP contribution in [0.1, 0.15) is 0 Å². The lowest BCUT2D eigenvalue weighted by Crippen LogP contribution is -2.00. The fraction of sp³-hybridized carbons (Fsp3) is 0. The molecule has 0 bridgehead atoms. The smallest absolute Gasteiger partial charge is 0.164 e. The highest BCUT2D eigenvalue weighted by Gasteiger charge is 2.18. The van der Waals surface area contributed by atoms with Crippen molar-refractivity contribution in [3.8, 4) is 67.5 Å². The molecule has 56 heavy (non-hydrogen) atoms. The number of fused-ring (bicyclic) bond motifs is 6. The lowest BCUT2D eigenvalue weighted by molar-refractivity contribution is 1.07. The SMILES string of the molecule is c1ccc(-c2nc(-c3ccc(-c4cncnc4)cc3)nc(-c3cc(-c4cccc5c4sc4ccccc45)cc(-c4cccc5c4sc4ccccc45)c3)n2)cc1. The van der Waals surface area contributed by atoms with Gasteiger partial charge in [-0.25, -0.2) is 24.9 Å². The Hall–Kier alpha value is -6.93. The first-order valence-electron chi connectivity index (χ1n) is 18.4. The van der Waals surface area contributed by atoms with Crippen LogP contribution >= 0.6 is 22.7 Å². The summed E-state index contributed by atoms with van der Waals surface area (Å²) in [7, 11) is 0. The van der Waals surface area contributed by atoms with Crippen LogP contribution < -0.4 is 0 Å². The maximum Gasteiger partial charge on any atom is 0.164 e. The van der Waals surface area contributed by atoms with Crippen molar-refractivity contribution in [2.75, 3.05) is 0 Å². The van der Waals surface area contributed by atoms with E-state index in [4.69, 9.17) is 15.0 Å². The van der Waals surface area contributed by atoms with Gasteiger partial charge in [-0.15, -0.1) is 22.7 Å². The third-order valence-corrected chi connectivity index (χ3v) is 12.8. The van der Waals surface area contributed by atoms with Gasteiger partial charge in [0.15, 0.2) is 17.5 Å². The molecule has 0 N–H and O–H groups in total. The number of thiophene rings is 2. The van der Waals surface area contributed by atoms with Crippen LogP contribution in [-0.2, 0) is 0 Å². The summed E-state index contributed by atoms with van der Waals surface area (Å²) in [6.45, 7) is 0. The molecule has 0 unspecified atom stereocenters. The van der Waals surface area contributed by atoms with Crippen molar-refractivity contribution in [2.45, 2.75) is 0 Å². The van der Waals surface area contributed by atoms with Crippen LogP contribution in [0.3, 0.4) is 0 Å². The van der Waals surface area contributed by atoms with Gasteiger partial charge in [0.1, 0.15) is 6.33 Å². The molecule has 0 spiro atoms. The molecule has 0 aliphatic rings. The fourth-order valence-electron chi connectivity index (χ4n) is 7.63. The van der Waals surface area contributed by atoms with Crippen LogP contribution in [0.4, 0.5) is 0 Å². The minimum atomic E-state index is 0.606. The van der Waals surface area contributed by atoms with Crippen molar-refractivity contribution in [1.29, 1.82) is 0 Å². The van der Waals surface area contributed by atoms with Gasteiger partial charge in [0.05, 0.1) is 0 Å². The van der Waals surface area contributed by atoms with Gasteiger partial charge in [-0.3, -0.25) is 0 Å². The standard InChI is InChI=1S/C49H29N5S2/c1-2-10-31(11-3-1)47-52-48(32-22-20-30(21-23-32)36-27-50-29-51-28-36)54-49(53-47)35-25-33(37-14-8-16-41-39-12-4-6-18-43(39)55-45(37)41)24-34(26-35)38-15-9-17-42-40-13-5-7-19-44(40)56-46(38)42/h1-29H. The summed E-state index contributed by atoms with van der Waals surface area (Å²) >= 11 is 3.69. The first kappa shape index (κ1) is 32.5. The van der Waals surface area contributed by atoms with E-state index in [2.05, 4.69) is 137 Å². The zero-order chi connectivity index (χ0) is 37.0. The summed E-state index contributed by atoms with van der Waals surface area (Å²) in [6.07, 6.45) is 5.18. The number of rotatable bonds is 6.